The Balaban J connectivity index is 2.62. The highest BCUT2D eigenvalue weighted by Crippen LogP contribution is 2.27. The van der Waals surface area contributed by atoms with Crippen LogP contribution in [0.3, 0.4) is 0 Å². The van der Waals surface area contributed by atoms with Crippen molar-refractivity contribution in [2.45, 2.75) is 6.18 Å². The summed E-state index contributed by atoms with van der Waals surface area (Å²) in [6.07, 6.45) is -4.58. The molecule has 0 aromatic heterocycles. The van der Waals surface area contributed by atoms with Gasteiger partial charge in [-0.2, -0.15) is 13.2 Å². The molecule has 5 nitrogen and oxygen atoms in total. The van der Waals surface area contributed by atoms with Gasteiger partial charge in [-0.15, -0.1) is 0 Å². The van der Waals surface area contributed by atoms with Gasteiger partial charge in [0.25, 0.3) is 5.91 Å². The van der Waals surface area contributed by atoms with Gasteiger partial charge in [0.05, 0.1) is 5.56 Å². The van der Waals surface area contributed by atoms with Gasteiger partial charge in [-0.3, -0.25) is 9.63 Å². The smallest absolute Gasteiger partial charge is 0.414 e. The van der Waals surface area contributed by atoms with Crippen LogP contribution in [-0.2, 0) is 4.84 Å². The Morgan fingerprint density at radius 3 is 2.59 bits per heavy atom. The first-order valence-electron chi connectivity index (χ1n) is 4.31. The summed E-state index contributed by atoms with van der Waals surface area (Å²) in [7, 11) is 0. The fourth-order valence-corrected chi connectivity index (χ4v) is 0.953. The van der Waals surface area contributed by atoms with Crippen molar-refractivity contribution >= 4 is 5.91 Å². The third-order valence-electron chi connectivity index (χ3n) is 1.66. The number of halogens is 3. The molecular formula is C9H8F3NO4. The number of hydrogen-bond donors (Lipinski definition) is 3. The van der Waals surface area contributed by atoms with Crippen LogP contribution in [0, 0.1) is 0 Å². The monoisotopic (exact) mass is 251 g/mol. The van der Waals surface area contributed by atoms with E-state index in [1.807, 2.05) is 0 Å². The summed E-state index contributed by atoms with van der Waals surface area (Å²) in [5.41, 5.74) is 1.10. The number of carbonyl (C=O) groups excluding carboxylic acids is 1. The molecule has 0 bridgehead atoms. The van der Waals surface area contributed by atoms with Crippen molar-refractivity contribution in [3.63, 3.8) is 0 Å². The average molecular weight is 251 g/mol. The Kier molecular flexibility index (Phi) is 3.79. The summed E-state index contributed by atoms with van der Waals surface area (Å²) in [6.45, 7) is -1.65. The molecule has 3 N–H and O–H groups in total. The molecule has 0 heterocycles. The standard InChI is InChI=1S/C9H8F3NO4/c10-9(11,12)4-17-13-8(16)5-2-1-3-6(14)7(5)15/h1-3,14-15H,4H2,(H,13,16). The minimum Gasteiger partial charge on any atom is -0.504 e. The van der Waals surface area contributed by atoms with E-state index in [-0.39, 0.29) is 0 Å². The molecule has 0 saturated heterocycles. The van der Waals surface area contributed by atoms with Crippen molar-refractivity contribution in [1.29, 1.82) is 0 Å². The minimum absolute atomic E-state index is 0.396. The molecule has 1 rings (SSSR count). The van der Waals surface area contributed by atoms with Gasteiger partial charge < -0.3 is 10.2 Å². The summed E-state index contributed by atoms with van der Waals surface area (Å²) < 4.78 is 35.1. The van der Waals surface area contributed by atoms with E-state index in [9.17, 15) is 23.1 Å². The Hall–Kier alpha value is -1.96. The molecule has 94 valence electrons. The van der Waals surface area contributed by atoms with E-state index < -0.39 is 35.8 Å². The highest BCUT2D eigenvalue weighted by molar-refractivity contribution is 5.96. The van der Waals surface area contributed by atoms with Gasteiger partial charge in [0, 0.05) is 0 Å². The number of aromatic hydroxyl groups is 2. The zero-order valence-corrected chi connectivity index (χ0v) is 8.28. The number of hydrogen-bond acceptors (Lipinski definition) is 4. The van der Waals surface area contributed by atoms with Crippen LogP contribution < -0.4 is 5.48 Å². The predicted octanol–water partition coefficient (Wildman–Crippen LogP) is 1.32. The second-order valence-corrected chi connectivity index (χ2v) is 3.01. The lowest BCUT2D eigenvalue weighted by Gasteiger charge is -2.09. The summed E-state index contributed by atoms with van der Waals surface area (Å²) >= 11 is 0. The third-order valence-corrected chi connectivity index (χ3v) is 1.66. The molecule has 0 fully saturated rings. The fraction of sp³-hybridized carbons (Fsp3) is 0.222. The van der Waals surface area contributed by atoms with Gasteiger partial charge >= 0.3 is 6.18 Å². The number of carbonyl (C=O) groups is 1. The molecule has 0 atom stereocenters. The van der Waals surface area contributed by atoms with Crippen LogP contribution in [0.25, 0.3) is 0 Å². The Morgan fingerprint density at radius 2 is 2.00 bits per heavy atom. The number of rotatable bonds is 3. The van der Waals surface area contributed by atoms with E-state index in [4.69, 9.17) is 5.11 Å². The first-order valence-corrected chi connectivity index (χ1v) is 4.31. The maximum atomic E-state index is 11.7. The van der Waals surface area contributed by atoms with E-state index in [2.05, 4.69) is 4.84 Å². The number of phenolic OH excluding ortho intramolecular Hbond substituents is 2. The molecule has 0 spiro atoms. The van der Waals surface area contributed by atoms with Crippen molar-refractivity contribution < 1.29 is 33.0 Å². The van der Waals surface area contributed by atoms with Crippen LogP contribution in [0.1, 0.15) is 10.4 Å². The molecule has 0 aliphatic heterocycles. The predicted molar refractivity (Wildman–Crippen MR) is 49.2 cm³/mol. The molecule has 0 radical (unpaired) electrons. The number of phenols is 2. The quantitative estimate of drug-likeness (QED) is 0.559. The van der Waals surface area contributed by atoms with Gasteiger partial charge in [0.1, 0.15) is 0 Å². The van der Waals surface area contributed by atoms with Crippen molar-refractivity contribution in [1.82, 2.24) is 5.48 Å². The van der Waals surface area contributed by atoms with E-state index in [0.717, 1.165) is 12.1 Å². The molecule has 0 aliphatic rings. The molecule has 1 amide bonds. The van der Waals surface area contributed by atoms with Crippen molar-refractivity contribution in [3.8, 4) is 11.5 Å². The molecular weight excluding hydrogens is 243 g/mol. The summed E-state index contributed by atoms with van der Waals surface area (Å²) in [4.78, 5) is 15.1. The minimum atomic E-state index is -4.58. The van der Waals surface area contributed by atoms with Crippen LogP contribution in [0.15, 0.2) is 18.2 Å². The lowest BCUT2D eigenvalue weighted by Crippen LogP contribution is -2.29. The molecule has 0 saturated carbocycles. The van der Waals surface area contributed by atoms with Gasteiger partial charge in [0.2, 0.25) is 0 Å². The zero-order valence-electron chi connectivity index (χ0n) is 8.28. The lowest BCUT2D eigenvalue weighted by atomic mass is 10.2. The molecule has 8 heteroatoms. The van der Waals surface area contributed by atoms with Crippen LogP contribution in [-0.4, -0.2) is 28.9 Å². The largest absolute Gasteiger partial charge is 0.504 e. The number of hydroxylamine groups is 1. The Morgan fingerprint density at radius 1 is 1.35 bits per heavy atom. The summed E-state index contributed by atoms with van der Waals surface area (Å²) in [5.74, 6) is -2.39. The van der Waals surface area contributed by atoms with E-state index in [1.165, 1.54) is 11.5 Å². The number of para-hydroxylation sites is 1. The molecule has 1 aromatic carbocycles. The SMILES string of the molecule is O=C(NOCC(F)(F)F)c1cccc(O)c1O. The molecule has 0 aliphatic carbocycles. The highest BCUT2D eigenvalue weighted by Gasteiger charge is 2.28. The first-order chi connectivity index (χ1) is 7.81. The highest BCUT2D eigenvalue weighted by atomic mass is 19.4. The molecule has 0 unspecified atom stereocenters. The number of amides is 1. The zero-order chi connectivity index (χ0) is 13.1. The topological polar surface area (TPSA) is 78.8 Å². The number of alkyl halides is 3. The average Bonchev–Trinajstić information content (AvgIpc) is 2.20. The van der Waals surface area contributed by atoms with Gasteiger partial charge in [-0.1, -0.05) is 6.07 Å². The van der Waals surface area contributed by atoms with E-state index in [0.29, 0.717) is 0 Å². The van der Waals surface area contributed by atoms with Crippen molar-refractivity contribution in [2.24, 2.45) is 0 Å². The fourth-order valence-electron chi connectivity index (χ4n) is 0.953. The van der Waals surface area contributed by atoms with Crippen molar-refractivity contribution in [3.05, 3.63) is 23.8 Å². The van der Waals surface area contributed by atoms with Gasteiger partial charge in [-0.05, 0) is 12.1 Å². The van der Waals surface area contributed by atoms with E-state index >= 15 is 0 Å². The third kappa shape index (κ3) is 3.83. The Labute approximate surface area is 93.4 Å². The number of benzene rings is 1. The number of nitrogens with one attached hydrogen (secondary N) is 1. The van der Waals surface area contributed by atoms with Crippen LogP contribution in [0.2, 0.25) is 0 Å². The van der Waals surface area contributed by atoms with Crippen LogP contribution in [0.4, 0.5) is 13.2 Å². The molecule has 17 heavy (non-hydrogen) atoms. The van der Waals surface area contributed by atoms with E-state index in [1.54, 1.807) is 0 Å². The maximum absolute atomic E-state index is 11.7. The van der Waals surface area contributed by atoms with Crippen LogP contribution >= 0.6 is 0 Å². The molecule has 1 aromatic rings. The summed E-state index contributed by atoms with van der Waals surface area (Å²) in [5, 5.41) is 18.3. The normalized spacial score (nSPS) is 11.2. The second-order valence-electron chi connectivity index (χ2n) is 3.01. The van der Waals surface area contributed by atoms with Gasteiger partial charge in [0.15, 0.2) is 18.1 Å². The Bertz CT molecular complexity index is 419. The lowest BCUT2D eigenvalue weighted by molar-refractivity contribution is -0.184. The maximum Gasteiger partial charge on any atom is 0.414 e. The summed E-state index contributed by atoms with van der Waals surface area (Å²) in [6, 6.07) is 3.47. The second kappa shape index (κ2) is 4.91. The van der Waals surface area contributed by atoms with Crippen LogP contribution in [0.5, 0.6) is 11.5 Å². The first kappa shape index (κ1) is 13.1. The van der Waals surface area contributed by atoms with Gasteiger partial charge in [-0.25, -0.2) is 5.48 Å². The van der Waals surface area contributed by atoms with Crippen molar-refractivity contribution in [2.75, 3.05) is 6.61 Å².